The minimum atomic E-state index is -0.299. The molecule has 12 atom stereocenters. The Labute approximate surface area is 227 Å². The van der Waals surface area contributed by atoms with Crippen molar-refractivity contribution in [3.63, 3.8) is 0 Å². The highest BCUT2D eigenvalue weighted by atomic mass is 32.2. The van der Waals surface area contributed by atoms with E-state index in [1.807, 2.05) is 0 Å². The van der Waals surface area contributed by atoms with Crippen molar-refractivity contribution in [2.45, 2.75) is 131 Å². The standard InChI is InChI=1S/C31H52BO3S/c1-8-30(13-9-10-19(2)3)18-31(30)24-16-22(33)26-27(5)14-12-23(35-36-32)20(4)21(27)11-15-28(26,6)29(24,7)17-25(31)34/h10,20-26,32-34H,8-9,11-18H2,1-7H3/t20?,21?,22?,23?,24?,25?,26?,27-,28?,29-,30?,31?/m0/s1/i32T. The van der Waals surface area contributed by atoms with E-state index < -0.39 is 0 Å². The van der Waals surface area contributed by atoms with Crippen LogP contribution in [0.3, 0.4) is 0 Å². The van der Waals surface area contributed by atoms with Gasteiger partial charge in [0.25, 0.3) is 0 Å². The molecule has 0 heterocycles. The summed E-state index contributed by atoms with van der Waals surface area (Å²) in [5.74, 6) is 1.63. The lowest BCUT2D eigenvalue weighted by atomic mass is 9.36. The Morgan fingerprint density at radius 3 is 2.58 bits per heavy atom. The van der Waals surface area contributed by atoms with Gasteiger partial charge in [-0.15, -0.1) is 0 Å². The van der Waals surface area contributed by atoms with Gasteiger partial charge in [-0.05, 0) is 125 Å². The number of rotatable bonds is 7. The maximum Gasteiger partial charge on any atom is 0.209 e. The Hall–Kier alpha value is 0.0349. The molecular formula is C31H52BO3S. The van der Waals surface area contributed by atoms with Crippen LogP contribution in [0.4, 0.5) is 0 Å². The highest BCUT2D eigenvalue weighted by Crippen LogP contribution is 2.86. The molecule has 5 heteroatoms. The van der Waals surface area contributed by atoms with Crippen LogP contribution in [0.2, 0.25) is 0 Å². The van der Waals surface area contributed by atoms with Crippen LogP contribution in [0, 0.1) is 50.7 Å². The number of hydrogen-bond donors (Lipinski definition) is 2. The Kier molecular flexibility index (Phi) is 6.59. The fraction of sp³-hybridized carbons (Fsp3) is 0.935. The molecule has 3 nitrogen and oxygen atoms in total. The van der Waals surface area contributed by atoms with Crippen molar-refractivity contribution in [1.82, 2.24) is 0 Å². The third kappa shape index (κ3) is 3.43. The number of fused-ring (bicyclic) bond motifs is 6. The maximum atomic E-state index is 12.1. The molecule has 0 aromatic carbocycles. The lowest BCUT2D eigenvalue weighted by Gasteiger charge is -2.69. The molecule has 1 radical (unpaired) electrons. The van der Waals surface area contributed by atoms with E-state index in [1.54, 1.807) is 0 Å². The Morgan fingerprint density at radius 2 is 1.92 bits per heavy atom. The van der Waals surface area contributed by atoms with E-state index in [9.17, 15) is 10.2 Å². The predicted molar refractivity (Wildman–Crippen MR) is 152 cm³/mol. The van der Waals surface area contributed by atoms with Gasteiger partial charge >= 0.3 is 0 Å². The van der Waals surface area contributed by atoms with Crippen LogP contribution in [0.1, 0.15) is 113 Å². The smallest absolute Gasteiger partial charge is 0.209 e. The van der Waals surface area contributed by atoms with Crippen molar-refractivity contribution in [2.24, 2.45) is 50.7 Å². The zero-order chi connectivity index (χ0) is 27.0. The van der Waals surface area contributed by atoms with E-state index in [4.69, 9.17) is 5.52 Å². The van der Waals surface area contributed by atoms with E-state index in [2.05, 4.69) is 54.5 Å². The van der Waals surface area contributed by atoms with E-state index in [0.29, 0.717) is 17.8 Å². The molecule has 36 heavy (non-hydrogen) atoms. The summed E-state index contributed by atoms with van der Waals surface area (Å²) in [6, 6.07) is 0. The first kappa shape index (κ1) is 26.3. The first-order chi connectivity index (χ1) is 17.4. The summed E-state index contributed by atoms with van der Waals surface area (Å²) in [6.07, 6.45) is 12.7. The van der Waals surface area contributed by atoms with E-state index >= 15 is 0 Å². The van der Waals surface area contributed by atoms with Gasteiger partial charge in [0.05, 0.1) is 18.3 Å². The molecule has 1 spiro atoms. The predicted octanol–water partition coefficient (Wildman–Crippen LogP) is 6.99. The highest BCUT2D eigenvalue weighted by molar-refractivity contribution is 8.15. The quantitative estimate of drug-likeness (QED) is 0.217. The topological polar surface area (TPSA) is 49.7 Å². The van der Waals surface area contributed by atoms with Crippen molar-refractivity contribution < 1.29 is 14.4 Å². The first-order valence-corrected chi connectivity index (χ1v) is 15.7. The fourth-order valence-corrected chi connectivity index (χ4v) is 12.3. The van der Waals surface area contributed by atoms with Crippen LogP contribution in [0.5, 0.6) is 0 Å². The number of aliphatic hydroxyl groups is 2. The van der Waals surface area contributed by atoms with Gasteiger partial charge in [0.15, 0.2) is 0 Å². The van der Waals surface area contributed by atoms with Gasteiger partial charge < -0.3 is 14.4 Å². The van der Waals surface area contributed by atoms with Crippen LogP contribution < -0.4 is 0 Å². The monoisotopic (exact) mass is 517 g/mol. The molecule has 0 aliphatic heterocycles. The molecule has 5 aliphatic carbocycles. The van der Waals surface area contributed by atoms with Crippen molar-refractivity contribution in [3.8, 4) is 0 Å². The van der Waals surface area contributed by atoms with Crippen LogP contribution in [-0.2, 0) is 4.18 Å². The SMILES string of the molecule is [3H][B]SOC1CC[C@@]2(C)C(CCC3(C)C2C(O)CC2C4(CC4(CC)CCC=C(C)C)C(O)C[C@@]23C)C1C. The molecule has 0 amide bonds. The van der Waals surface area contributed by atoms with Crippen LogP contribution in [0.25, 0.3) is 0 Å². The van der Waals surface area contributed by atoms with Crippen molar-refractivity contribution >= 4 is 19.0 Å². The Morgan fingerprint density at radius 1 is 1.17 bits per heavy atom. The molecule has 2 N–H and O–H groups in total. The summed E-state index contributed by atoms with van der Waals surface area (Å²) in [5, 5.41) is 24.0. The molecule has 0 bridgehead atoms. The van der Waals surface area contributed by atoms with Crippen LogP contribution >= 0.6 is 11.9 Å². The van der Waals surface area contributed by atoms with Crippen molar-refractivity contribution in [2.75, 3.05) is 0 Å². The second kappa shape index (κ2) is 9.03. The maximum absolute atomic E-state index is 12.1. The summed E-state index contributed by atoms with van der Waals surface area (Å²) in [6.45, 7) is 16.6. The molecule has 5 aliphatic rings. The van der Waals surface area contributed by atoms with Gasteiger partial charge in [-0.2, -0.15) is 0 Å². The van der Waals surface area contributed by atoms with Crippen molar-refractivity contribution in [3.05, 3.63) is 11.6 Å². The normalized spacial score (nSPS) is 55.8. The molecule has 5 rings (SSSR count). The lowest BCUT2D eigenvalue weighted by molar-refractivity contribution is -0.239. The Balaban J connectivity index is 1.46. The minimum absolute atomic E-state index is 0.0124. The fourth-order valence-electron chi connectivity index (χ4n) is 11.9. The largest absolute Gasteiger partial charge is 0.393 e. The van der Waals surface area contributed by atoms with Crippen LogP contribution in [-0.4, -0.2) is 36.9 Å². The molecule has 5 fully saturated rings. The third-order valence-electron chi connectivity index (χ3n) is 13.7. The molecule has 0 saturated heterocycles. The number of allylic oxidation sites excluding steroid dienone is 2. The zero-order valence-corrected chi connectivity index (χ0v) is 24.8. The lowest BCUT2D eigenvalue weighted by Crippen LogP contribution is -2.66. The molecule has 10 unspecified atom stereocenters. The summed E-state index contributed by atoms with van der Waals surface area (Å²) < 4.78 is 13.4. The molecule has 5 saturated carbocycles. The average Bonchev–Trinajstić information content (AvgIpc) is 3.44. The van der Waals surface area contributed by atoms with Gasteiger partial charge in [0.2, 0.25) is 7.09 Å². The van der Waals surface area contributed by atoms with Gasteiger partial charge in [0, 0.05) is 5.41 Å². The number of hydrogen-bond acceptors (Lipinski definition) is 4. The van der Waals surface area contributed by atoms with Gasteiger partial charge in [0.1, 0.15) is 0 Å². The van der Waals surface area contributed by atoms with Gasteiger partial charge in [-0.1, -0.05) is 58.2 Å². The summed E-state index contributed by atoms with van der Waals surface area (Å²) >= 11 is 1.17. The summed E-state index contributed by atoms with van der Waals surface area (Å²) in [7, 11) is 1.29. The van der Waals surface area contributed by atoms with E-state index in [0.717, 1.165) is 51.4 Å². The Bertz CT molecular complexity index is 913. The van der Waals surface area contributed by atoms with Crippen LogP contribution in [0.15, 0.2) is 11.6 Å². The van der Waals surface area contributed by atoms with Gasteiger partial charge in [-0.25, -0.2) is 0 Å². The van der Waals surface area contributed by atoms with E-state index in [1.165, 1.54) is 37.4 Å². The molecule has 0 aromatic heterocycles. The molecule has 0 aromatic rings. The molecular weight excluding hydrogens is 463 g/mol. The minimum Gasteiger partial charge on any atom is -0.393 e. The second-order valence-corrected chi connectivity index (χ2v) is 15.2. The van der Waals surface area contributed by atoms with Crippen molar-refractivity contribution in [1.29, 1.82) is 1.34 Å². The highest BCUT2D eigenvalue weighted by Gasteiger charge is 2.82. The van der Waals surface area contributed by atoms with E-state index in [-0.39, 0.29) is 51.3 Å². The number of aliphatic hydroxyl groups excluding tert-OH is 2. The average molecular weight is 518 g/mol. The molecule has 203 valence electrons. The van der Waals surface area contributed by atoms with Gasteiger partial charge in [-0.3, -0.25) is 0 Å². The first-order valence-electron chi connectivity index (χ1n) is 15.5. The summed E-state index contributed by atoms with van der Waals surface area (Å²) in [4.78, 5) is 0. The zero-order valence-electron chi connectivity index (χ0n) is 25.0. The second-order valence-electron chi connectivity index (χ2n) is 14.8. The third-order valence-corrected chi connectivity index (χ3v) is 14.1. The summed E-state index contributed by atoms with van der Waals surface area (Å²) in [5.41, 5.74) is 1.78.